The first kappa shape index (κ1) is 11.2. The molecule has 0 aliphatic heterocycles. The molecule has 0 aromatic heterocycles. The second kappa shape index (κ2) is 3.39. The van der Waals surface area contributed by atoms with Gasteiger partial charge in [-0.05, 0) is 12.2 Å². The van der Waals surface area contributed by atoms with Crippen molar-refractivity contribution in [3.63, 3.8) is 0 Å². The smallest absolute Gasteiger partial charge is 0.218 e. The van der Waals surface area contributed by atoms with Gasteiger partial charge in [-0.15, -0.1) is 0 Å². The van der Waals surface area contributed by atoms with Gasteiger partial charge in [-0.1, -0.05) is 15.9 Å². The Labute approximate surface area is 85.8 Å². The summed E-state index contributed by atoms with van der Waals surface area (Å²) in [5, 5.41) is 8.35. The third-order valence-corrected chi connectivity index (χ3v) is 2.16. The molecule has 1 aliphatic carbocycles. The van der Waals surface area contributed by atoms with Crippen molar-refractivity contribution in [2.24, 2.45) is 0 Å². The lowest BCUT2D eigenvalue weighted by molar-refractivity contribution is -0.0940. The summed E-state index contributed by atoms with van der Waals surface area (Å²) in [6.45, 7) is 0. The summed E-state index contributed by atoms with van der Waals surface area (Å²) in [5.41, 5.74) is -3.71. The van der Waals surface area contributed by atoms with Crippen molar-refractivity contribution in [2.75, 3.05) is 0 Å². The Morgan fingerprint density at radius 1 is 1.43 bits per heavy atom. The minimum Gasteiger partial charge on any atom is -0.218 e. The maximum absolute atomic E-state index is 13.3. The standard InChI is InChI=1S/C8H4BrF4N/c9-6-1-5(8(11,12)13)2-7(10,3-6)4-14/h2-3H,1H2. The molecule has 0 aromatic rings. The zero-order valence-electron chi connectivity index (χ0n) is 6.70. The van der Waals surface area contributed by atoms with Crippen LogP contribution in [0.3, 0.4) is 0 Å². The Balaban J connectivity index is 3.11. The molecule has 6 heteroatoms. The van der Waals surface area contributed by atoms with Gasteiger partial charge < -0.3 is 0 Å². The Bertz CT molecular complexity index is 349. The first-order valence-corrected chi connectivity index (χ1v) is 4.32. The van der Waals surface area contributed by atoms with E-state index in [9.17, 15) is 17.6 Å². The average Bonchev–Trinajstić information content (AvgIpc) is 2.01. The maximum atomic E-state index is 13.3. The van der Waals surface area contributed by atoms with E-state index in [0.29, 0.717) is 6.08 Å². The summed E-state index contributed by atoms with van der Waals surface area (Å²) in [6, 6.07) is 1.16. The predicted octanol–water partition coefficient (Wildman–Crippen LogP) is 3.39. The molecule has 1 unspecified atom stereocenters. The maximum Gasteiger partial charge on any atom is 0.412 e. The molecule has 0 radical (unpaired) electrons. The molecule has 0 N–H and O–H groups in total. The van der Waals surface area contributed by atoms with Gasteiger partial charge in [-0.25, -0.2) is 4.39 Å². The van der Waals surface area contributed by atoms with Crippen LogP contribution in [0.4, 0.5) is 17.6 Å². The van der Waals surface area contributed by atoms with E-state index < -0.39 is 23.8 Å². The summed E-state index contributed by atoms with van der Waals surface area (Å²) in [4.78, 5) is 0. The van der Waals surface area contributed by atoms with Gasteiger partial charge in [0.2, 0.25) is 5.67 Å². The van der Waals surface area contributed by atoms with E-state index in [0.717, 1.165) is 12.1 Å². The van der Waals surface area contributed by atoms with E-state index in [4.69, 9.17) is 5.26 Å². The first-order chi connectivity index (χ1) is 6.27. The highest BCUT2D eigenvalue weighted by molar-refractivity contribution is 9.11. The first-order valence-electron chi connectivity index (χ1n) is 3.53. The van der Waals surface area contributed by atoms with Crippen molar-refractivity contribution >= 4 is 15.9 Å². The lowest BCUT2D eigenvalue weighted by Gasteiger charge is -2.20. The van der Waals surface area contributed by atoms with Gasteiger partial charge in [-0.2, -0.15) is 18.4 Å². The van der Waals surface area contributed by atoms with Crippen molar-refractivity contribution in [2.45, 2.75) is 18.3 Å². The van der Waals surface area contributed by atoms with Gasteiger partial charge in [0.25, 0.3) is 0 Å². The minimum absolute atomic E-state index is 0.0244. The van der Waals surface area contributed by atoms with E-state index in [1.165, 1.54) is 0 Å². The summed E-state index contributed by atoms with van der Waals surface area (Å²) >= 11 is 2.77. The predicted molar refractivity (Wildman–Crippen MR) is 45.2 cm³/mol. The van der Waals surface area contributed by atoms with Crippen LogP contribution in [0.25, 0.3) is 0 Å². The summed E-state index contributed by atoms with van der Waals surface area (Å²) in [7, 11) is 0. The Kier molecular flexibility index (Phi) is 2.72. The number of hydrogen-bond donors (Lipinski definition) is 0. The van der Waals surface area contributed by atoms with Crippen molar-refractivity contribution < 1.29 is 17.6 Å². The topological polar surface area (TPSA) is 23.8 Å². The highest BCUT2D eigenvalue weighted by Crippen LogP contribution is 2.39. The number of nitrogens with zero attached hydrogens (tertiary/aromatic N) is 1. The lowest BCUT2D eigenvalue weighted by Crippen LogP contribution is -2.23. The van der Waals surface area contributed by atoms with Crippen LogP contribution in [0, 0.1) is 11.3 Å². The molecule has 0 amide bonds. The molecule has 0 fully saturated rings. The summed E-state index contributed by atoms with van der Waals surface area (Å²) in [6.07, 6.45) is -3.90. The van der Waals surface area contributed by atoms with Crippen LogP contribution in [-0.2, 0) is 0 Å². The molecule has 1 nitrogen and oxygen atoms in total. The average molecular weight is 270 g/mol. The molecule has 0 heterocycles. The number of halogens is 5. The summed E-state index contributed by atoms with van der Waals surface area (Å²) < 4.78 is 49.9. The fraction of sp³-hybridized carbons (Fsp3) is 0.375. The summed E-state index contributed by atoms with van der Waals surface area (Å²) in [5.74, 6) is 0. The number of rotatable bonds is 0. The molecule has 0 aromatic carbocycles. The number of alkyl halides is 4. The SMILES string of the molecule is N#CC1(F)C=C(Br)CC(C(F)(F)F)=C1. The zero-order valence-corrected chi connectivity index (χ0v) is 8.28. The Hall–Kier alpha value is -0.830. The Morgan fingerprint density at radius 2 is 2.00 bits per heavy atom. The lowest BCUT2D eigenvalue weighted by atomic mass is 9.95. The van der Waals surface area contributed by atoms with Crippen LogP contribution in [0.2, 0.25) is 0 Å². The molecule has 0 bridgehead atoms. The largest absolute Gasteiger partial charge is 0.412 e. The van der Waals surface area contributed by atoms with Crippen LogP contribution in [-0.4, -0.2) is 11.8 Å². The van der Waals surface area contributed by atoms with Crippen molar-refractivity contribution in [1.82, 2.24) is 0 Å². The highest BCUT2D eigenvalue weighted by atomic mass is 79.9. The number of hydrogen-bond acceptors (Lipinski definition) is 1. The highest BCUT2D eigenvalue weighted by Gasteiger charge is 2.40. The zero-order chi connectivity index (χ0) is 11.0. The van der Waals surface area contributed by atoms with Gasteiger partial charge in [0.05, 0.1) is 0 Å². The quantitative estimate of drug-likeness (QED) is 0.489. The fourth-order valence-electron chi connectivity index (χ4n) is 1.05. The molecule has 0 saturated heterocycles. The van der Waals surface area contributed by atoms with Gasteiger partial charge in [0.15, 0.2) is 0 Å². The molecule has 0 spiro atoms. The third kappa shape index (κ3) is 2.35. The van der Waals surface area contributed by atoms with Crippen LogP contribution >= 0.6 is 15.9 Å². The van der Waals surface area contributed by atoms with Crippen LogP contribution in [0.5, 0.6) is 0 Å². The van der Waals surface area contributed by atoms with Crippen molar-refractivity contribution in [1.29, 1.82) is 5.26 Å². The second-order valence-electron chi connectivity index (χ2n) is 2.82. The van der Waals surface area contributed by atoms with Crippen LogP contribution in [0.1, 0.15) is 6.42 Å². The van der Waals surface area contributed by atoms with Crippen molar-refractivity contribution in [3.8, 4) is 6.07 Å². The fourth-order valence-corrected chi connectivity index (χ4v) is 1.69. The van der Waals surface area contributed by atoms with Crippen LogP contribution in [0.15, 0.2) is 22.2 Å². The van der Waals surface area contributed by atoms with E-state index in [-0.39, 0.29) is 4.48 Å². The minimum atomic E-state index is -4.60. The van der Waals surface area contributed by atoms with Gasteiger partial charge in [0.1, 0.15) is 6.07 Å². The monoisotopic (exact) mass is 269 g/mol. The van der Waals surface area contributed by atoms with Gasteiger partial charge >= 0.3 is 6.18 Å². The van der Waals surface area contributed by atoms with Crippen molar-refractivity contribution in [3.05, 3.63) is 22.2 Å². The number of allylic oxidation sites excluding steroid dienone is 4. The molecule has 76 valence electrons. The van der Waals surface area contributed by atoms with E-state index >= 15 is 0 Å². The molecular formula is C8H4BrF4N. The molecule has 1 rings (SSSR count). The van der Waals surface area contributed by atoms with Gasteiger partial charge in [-0.3, -0.25) is 0 Å². The van der Waals surface area contributed by atoms with E-state index in [2.05, 4.69) is 15.9 Å². The third-order valence-electron chi connectivity index (χ3n) is 1.65. The molecule has 1 atom stereocenters. The molecular weight excluding hydrogens is 266 g/mol. The molecule has 0 saturated carbocycles. The second-order valence-corrected chi connectivity index (χ2v) is 3.83. The number of nitriles is 1. The molecule has 1 aliphatic rings. The van der Waals surface area contributed by atoms with Crippen LogP contribution < -0.4 is 0 Å². The van der Waals surface area contributed by atoms with Gasteiger partial charge in [0, 0.05) is 16.5 Å². The normalized spacial score (nSPS) is 27.7. The van der Waals surface area contributed by atoms with E-state index in [1.807, 2.05) is 0 Å². The van der Waals surface area contributed by atoms with E-state index in [1.54, 1.807) is 0 Å². The Morgan fingerprint density at radius 3 is 2.43 bits per heavy atom. The molecule has 14 heavy (non-hydrogen) atoms.